The molecule has 1 aliphatic rings. The maximum atomic E-state index is 12.4. The van der Waals surface area contributed by atoms with Gasteiger partial charge in [-0.2, -0.15) is 0 Å². The van der Waals surface area contributed by atoms with Gasteiger partial charge in [0.2, 0.25) is 11.8 Å². The van der Waals surface area contributed by atoms with Gasteiger partial charge in [-0.3, -0.25) is 9.59 Å². The van der Waals surface area contributed by atoms with E-state index in [2.05, 4.69) is 5.32 Å². The molecule has 1 heterocycles. The number of thioether (sulfide) groups is 1. The average Bonchev–Trinajstić information content (AvgIpc) is 2.97. The molecule has 1 atom stereocenters. The summed E-state index contributed by atoms with van der Waals surface area (Å²) in [6, 6.07) is 14.8. The number of amides is 2. The van der Waals surface area contributed by atoms with Crippen molar-refractivity contribution in [2.75, 3.05) is 23.0 Å². The Hall–Kier alpha value is -1.98. The van der Waals surface area contributed by atoms with E-state index in [1.54, 1.807) is 40.9 Å². The molecule has 2 aromatic carbocycles. The van der Waals surface area contributed by atoms with E-state index in [4.69, 9.17) is 11.6 Å². The van der Waals surface area contributed by atoms with Crippen LogP contribution in [0.4, 0.5) is 11.4 Å². The lowest BCUT2D eigenvalue weighted by atomic mass is 10.1. The Bertz CT molecular complexity index is 781. The molecule has 24 heavy (non-hydrogen) atoms. The molecule has 4 nitrogen and oxygen atoms in total. The Balaban J connectivity index is 1.70. The molecule has 1 saturated heterocycles. The predicted octanol–water partition coefficient (Wildman–Crippen LogP) is 4.05. The summed E-state index contributed by atoms with van der Waals surface area (Å²) in [7, 11) is 0. The van der Waals surface area contributed by atoms with Crippen molar-refractivity contribution in [3.63, 3.8) is 0 Å². The van der Waals surface area contributed by atoms with E-state index < -0.39 is 0 Å². The molecule has 0 spiro atoms. The van der Waals surface area contributed by atoms with Crippen LogP contribution in [0.5, 0.6) is 0 Å². The van der Waals surface area contributed by atoms with E-state index in [0.29, 0.717) is 17.3 Å². The molecule has 0 aromatic heterocycles. The molecule has 124 valence electrons. The molecule has 1 unspecified atom stereocenters. The second-order valence-electron chi connectivity index (χ2n) is 5.61. The fraction of sp³-hybridized carbons (Fsp3) is 0.222. The number of carbonyl (C=O) groups excluding carboxylic acids is 2. The van der Waals surface area contributed by atoms with Crippen molar-refractivity contribution in [2.24, 2.45) is 5.92 Å². The molecule has 0 radical (unpaired) electrons. The Morgan fingerprint density at radius 1 is 1.25 bits per heavy atom. The fourth-order valence-electron chi connectivity index (χ4n) is 2.72. The topological polar surface area (TPSA) is 49.4 Å². The summed E-state index contributed by atoms with van der Waals surface area (Å²) in [5, 5.41) is 3.39. The summed E-state index contributed by atoms with van der Waals surface area (Å²) < 4.78 is 0. The molecule has 1 aliphatic heterocycles. The lowest BCUT2D eigenvalue weighted by molar-refractivity contribution is -0.122. The molecule has 0 saturated carbocycles. The lowest BCUT2D eigenvalue weighted by Crippen LogP contribution is -2.28. The smallest absolute Gasteiger partial charge is 0.229 e. The Morgan fingerprint density at radius 3 is 2.79 bits per heavy atom. The van der Waals surface area contributed by atoms with Crippen LogP contribution in [0.3, 0.4) is 0 Å². The first-order valence-corrected chi connectivity index (χ1v) is 9.18. The molecule has 1 fully saturated rings. The summed E-state index contributed by atoms with van der Waals surface area (Å²) in [6.07, 6.45) is 2.21. The highest BCUT2D eigenvalue weighted by molar-refractivity contribution is 7.98. The minimum atomic E-state index is -0.366. The zero-order valence-corrected chi connectivity index (χ0v) is 14.7. The van der Waals surface area contributed by atoms with Crippen molar-refractivity contribution in [1.82, 2.24) is 0 Å². The second-order valence-corrected chi connectivity index (χ2v) is 6.92. The number of hydrogen-bond acceptors (Lipinski definition) is 3. The van der Waals surface area contributed by atoms with Gasteiger partial charge in [0.1, 0.15) is 0 Å². The van der Waals surface area contributed by atoms with Gasteiger partial charge in [0.25, 0.3) is 0 Å². The molecule has 0 aliphatic carbocycles. The molecular formula is C18H17ClN2O2S. The number of nitrogens with zero attached hydrogens (tertiary/aromatic N) is 1. The SMILES string of the molecule is CSc1cccc(N2CC(C(=O)Nc3cccc(Cl)c3)CC2=O)c1. The number of nitrogens with one attached hydrogen (secondary N) is 1. The fourth-order valence-corrected chi connectivity index (χ4v) is 3.37. The highest BCUT2D eigenvalue weighted by Crippen LogP contribution is 2.29. The number of rotatable bonds is 4. The zero-order valence-electron chi connectivity index (χ0n) is 13.2. The normalized spacial score (nSPS) is 17.2. The van der Waals surface area contributed by atoms with Crippen LogP contribution in [0.1, 0.15) is 6.42 Å². The van der Waals surface area contributed by atoms with Gasteiger partial charge in [0.05, 0.1) is 5.92 Å². The standard InChI is InChI=1S/C18H17ClN2O2S/c1-24-16-7-3-6-15(10-16)21-11-12(8-17(21)22)18(23)20-14-5-2-4-13(19)9-14/h2-7,9-10,12H,8,11H2,1H3,(H,20,23). The first-order chi connectivity index (χ1) is 11.6. The van der Waals surface area contributed by atoms with Crippen molar-refractivity contribution in [2.45, 2.75) is 11.3 Å². The van der Waals surface area contributed by atoms with Gasteiger partial charge in [-0.25, -0.2) is 0 Å². The van der Waals surface area contributed by atoms with Crippen molar-refractivity contribution < 1.29 is 9.59 Å². The van der Waals surface area contributed by atoms with Crippen LogP contribution in [0, 0.1) is 5.92 Å². The van der Waals surface area contributed by atoms with Crippen molar-refractivity contribution in [3.05, 3.63) is 53.6 Å². The van der Waals surface area contributed by atoms with Gasteiger partial charge in [-0.05, 0) is 42.7 Å². The minimum absolute atomic E-state index is 0.0282. The molecule has 1 N–H and O–H groups in total. The Kier molecular flexibility index (Phi) is 5.11. The number of anilines is 2. The summed E-state index contributed by atoms with van der Waals surface area (Å²) >= 11 is 7.55. The number of hydrogen-bond donors (Lipinski definition) is 1. The molecular weight excluding hydrogens is 344 g/mol. The Morgan fingerprint density at radius 2 is 2.04 bits per heavy atom. The molecule has 6 heteroatoms. The summed E-state index contributed by atoms with van der Waals surface area (Å²) in [6.45, 7) is 0.392. The average molecular weight is 361 g/mol. The van der Waals surface area contributed by atoms with Gasteiger partial charge in [0, 0.05) is 34.3 Å². The third-order valence-electron chi connectivity index (χ3n) is 3.95. The summed E-state index contributed by atoms with van der Waals surface area (Å²) in [5.74, 6) is -0.553. The largest absolute Gasteiger partial charge is 0.326 e. The first-order valence-electron chi connectivity index (χ1n) is 7.57. The zero-order chi connectivity index (χ0) is 17.1. The van der Waals surface area contributed by atoms with Crippen LogP contribution in [0.25, 0.3) is 0 Å². The van der Waals surface area contributed by atoms with Crippen molar-refractivity contribution in [3.8, 4) is 0 Å². The van der Waals surface area contributed by atoms with E-state index in [9.17, 15) is 9.59 Å². The van der Waals surface area contributed by atoms with Crippen LogP contribution in [-0.2, 0) is 9.59 Å². The number of halogens is 1. The van der Waals surface area contributed by atoms with Crippen LogP contribution in [-0.4, -0.2) is 24.6 Å². The van der Waals surface area contributed by atoms with Gasteiger partial charge in [-0.1, -0.05) is 23.7 Å². The maximum Gasteiger partial charge on any atom is 0.229 e. The maximum absolute atomic E-state index is 12.4. The van der Waals surface area contributed by atoms with Crippen LogP contribution in [0.2, 0.25) is 5.02 Å². The van der Waals surface area contributed by atoms with Gasteiger partial charge in [0.15, 0.2) is 0 Å². The summed E-state index contributed by atoms with van der Waals surface area (Å²) in [4.78, 5) is 27.5. The third-order valence-corrected chi connectivity index (χ3v) is 4.91. The van der Waals surface area contributed by atoms with E-state index in [1.165, 1.54) is 0 Å². The molecule has 0 bridgehead atoms. The van der Waals surface area contributed by atoms with Crippen LogP contribution >= 0.6 is 23.4 Å². The lowest BCUT2D eigenvalue weighted by Gasteiger charge is -2.17. The first kappa shape index (κ1) is 16.9. The third kappa shape index (κ3) is 3.74. The van der Waals surface area contributed by atoms with E-state index in [0.717, 1.165) is 10.6 Å². The second kappa shape index (κ2) is 7.28. The van der Waals surface area contributed by atoms with Gasteiger partial charge < -0.3 is 10.2 Å². The van der Waals surface area contributed by atoms with Gasteiger partial charge in [-0.15, -0.1) is 11.8 Å². The van der Waals surface area contributed by atoms with Crippen molar-refractivity contribution >= 4 is 46.6 Å². The van der Waals surface area contributed by atoms with Crippen molar-refractivity contribution in [1.29, 1.82) is 0 Å². The highest BCUT2D eigenvalue weighted by Gasteiger charge is 2.35. The predicted molar refractivity (Wildman–Crippen MR) is 98.8 cm³/mol. The van der Waals surface area contributed by atoms with Crippen LogP contribution < -0.4 is 10.2 Å². The highest BCUT2D eigenvalue weighted by atomic mass is 35.5. The van der Waals surface area contributed by atoms with E-state index >= 15 is 0 Å². The Labute approximate surface area is 150 Å². The molecule has 3 rings (SSSR count). The van der Waals surface area contributed by atoms with E-state index in [-0.39, 0.29) is 24.2 Å². The number of benzene rings is 2. The summed E-state index contributed by atoms with van der Waals surface area (Å²) in [5.41, 5.74) is 1.48. The molecule has 2 aromatic rings. The van der Waals surface area contributed by atoms with Gasteiger partial charge >= 0.3 is 0 Å². The number of carbonyl (C=O) groups is 2. The van der Waals surface area contributed by atoms with E-state index in [1.807, 2.05) is 30.5 Å². The monoisotopic (exact) mass is 360 g/mol. The van der Waals surface area contributed by atoms with Crippen LogP contribution in [0.15, 0.2) is 53.4 Å². The minimum Gasteiger partial charge on any atom is -0.326 e. The quantitative estimate of drug-likeness (QED) is 0.837. The molecule has 2 amide bonds.